The topological polar surface area (TPSA) is 35.0 Å². The summed E-state index contributed by atoms with van der Waals surface area (Å²) in [5.74, 6) is 0.964. The van der Waals surface area contributed by atoms with Crippen molar-refractivity contribution in [3.8, 4) is 16.5 Å². The van der Waals surface area contributed by atoms with Crippen LogP contribution in [0.15, 0.2) is 54.2 Å². The van der Waals surface area contributed by atoms with Crippen molar-refractivity contribution in [2.75, 3.05) is 7.11 Å². The molecule has 0 amide bonds. The number of halogens is 1. The zero-order valence-electron chi connectivity index (χ0n) is 11.9. The minimum absolute atomic E-state index is 0.311. The highest BCUT2D eigenvalue weighted by molar-refractivity contribution is 7.13. The largest absolute Gasteiger partial charge is 0.497 e. The molecular formula is C17H13FN2OS. The van der Waals surface area contributed by atoms with E-state index in [1.807, 2.05) is 17.5 Å². The second kappa shape index (κ2) is 6.49. The second-order valence-corrected chi connectivity index (χ2v) is 5.42. The van der Waals surface area contributed by atoms with Gasteiger partial charge in [-0.05, 0) is 41.3 Å². The van der Waals surface area contributed by atoms with Crippen molar-refractivity contribution in [3.63, 3.8) is 0 Å². The summed E-state index contributed by atoms with van der Waals surface area (Å²) in [7, 11) is 1.60. The van der Waals surface area contributed by atoms with E-state index in [2.05, 4.69) is 9.97 Å². The van der Waals surface area contributed by atoms with Gasteiger partial charge < -0.3 is 4.74 Å². The van der Waals surface area contributed by atoms with Gasteiger partial charge in [0.25, 0.3) is 0 Å². The fraction of sp³-hybridized carbons (Fsp3) is 0.0588. The van der Waals surface area contributed by atoms with Gasteiger partial charge in [-0.25, -0.2) is 14.4 Å². The Morgan fingerprint density at radius 2 is 1.86 bits per heavy atom. The number of ether oxygens (including phenoxy) is 1. The zero-order valence-corrected chi connectivity index (χ0v) is 12.7. The van der Waals surface area contributed by atoms with E-state index in [1.54, 1.807) is 43.8 Å². The third-order valence-corrected chi connectivity index (χ3v) is 4.01. The number of methoxy groups -OCH3 is 1. The molecule has 0 N–H and O–H groups in total. The normalized spacial score (nSPS) is 11.5. The maximum atomic E-state index is 14.6. The minimum Gasteiger partial charge on any atom is -0.497 e. The molecule has 0 atom stereocenters. The molecule has 0 unspecified atom stereocenters. The van der Waals surface area contributed by atoms with Gasteiger partial charge in [-0.1, -0.05) is 12.1 Å². The Morgan fingerprint density at radius 3 is 2.55 bits per heavy atom. The molecule has 3 rings (SSSR count). The highest BCUT2D eigenvalue weighted by Gasteiger charge is 2.13. The molecule has 0 fully saturated rings. The third-order valence-electron chi connectivity index (χ3n) is 3.10. The first kappa shape index (κ1) is 14.4. The Balaban J connectivity index is 1.94. The molecule has 3 aromatic rings. The molecule has 0 saturated heterocycles. The summed E-state index contributed by atoms with van der Waals surface area (Å²) in [4.78, 5) is 9.09. The van der Waals surface area contributed by atoms with Crippen LogP contribution in [-0.2, 0) is 0 Å². The minimum atomic E-state index is -0.311. The lowest BCUT2D eigenvalue weighted by Crippen LogP contribution is -1.87. The van der Waals surface area contributed by atoms with Crippen LogP contribution in [0.4, 0.5) is 4.39 Å². The highest BCUT2D eigenvalue weighted by Crippen LogP contribution is 2.33. The van der Waals surface area contributed by atoms with Gasteiger partial charge in [0.1, 0.15) is 11.6 Å². The van der Waals surface area contributed by atoms with Gasteiger partial charge in [-0.15, -0.1) is 11.3 Å². The van der Waals surface area contributed by atoms with E-state index < -0.39 is 0 Å². The van der Waals surface area contributed by atoms with Crippen LogP contribution in [-0.4, -0.2) is 17.1 Å². The number of thiophene rings is 1. The second-order valence-electron chi connectivity index (χ2n) is 4.50. The Labute approximate surface area is 131 Å². The number of nitrogens with zero attached hydrogens (tertiary/aromatic N) is 2. The number of aromatic nitrogens is 2. The Hall–Kier alpha value is -2.53. The van der Waals surface area contributed by atoms with Crippen LogP contribution < -0.4 is 4.74 Å². The molecule has 110 valence electrons. The molecule has 2 aromatic heterocycles. The van der Waals surface area contributed by atoms with Crippen LogP contribution in [0.3, 0.4) is 0 Å². The zero-order chi connectivity index (χ0) is 15.4. The molecule has 22 heavy (non-hydrogen) atoms. The van der Waals surface area contributed by atoms with Gasteiger partial charge >= 0.3 is 0 Å². The van der Waals surface area contributed by atoms with Crippen molar-refractivity contribution >= 4 is 23.2 Å². The fourth-order valence-electron chi connectivity index (χ4n) is 2.01. The highest BCUT2D eigenvalue weighted by atomic mass is 32.1. The fourth-order valence-corrected chi connectivity index (χ4v) is 2.85. The summed E-state index contributed by atoms with van der Waals surface area (Å²) in [5.41, 5.74) is 1.27. The summed E-state index contributed by atoms with van der Waals surface area (Å²) >= 11 is 1.42. The van der Waals surface area contributed by atoms with Crippen LogP contribution in [0.5, 0.6) is 5.75 Å². The Morgan fingerprint density at radius 1 is 1.14 bits per heavy atom. The standard InChI is InChI=1S/C17H13FN2OS/c1-21-13-5-3-12(4-6-13)11-15(18)14-7-10-22-16(14)17-19-8-2-9-20-17/h2-11H,1H3/b15-11-. The SMILES string of the molecule is COc1ccc(/C=C(\F)c2ccsc2-c2ncccn2)cc1. The Bertz CT molecular complexity index is 782. The van der Waals surface area contributed by atoms with Gasteiger partial charge in [0, 0.05) is 18.0 Å². The van der Waals surface area contributed by atoms with E-state index in [-0.39, 0.29) is 5.83 Å². The number of hydrogen-bond donors (Lipinski definition) is 0. The lowest BCUT2D eigenvalue weighted by Gasteiger charge is -2.02. The van der Waals surface area contributed by atoms with E-state index in [1.165, 1.54) is 17.4 Å². The molecule has 0 radical (unpaired) electrons. The molecule has 3 nitrogen and oxygen atoms in total. The maximum Gasteiger partial charge on any atom is 0.170 e. The molecule has 0 aliphatic rings. The van der Waals surface area contributed by atoms with Crippen LogP contribution in [0.25, 0.3) is 22.6 Å². The predicted octanol–water partition coefficient (Wildman–Crippen LogP) is 4.68. The van der Waals surface area contributed by atoms with Gasteiger partial charge in [-0.3, -0.25) is 0 Å². The first-order valence-corrected chi connectivity index (χ1v) is 7.52. The molecule has 2 heterocycles. The smallest absolute Gasteiger partial charge is 0.170 e. The molecule has 0 aliphatic carbocycles. The van der Waals surface area contributed by atoms with Gasteiger partial charge in [-0.2, -0.15) is 0 Å². The number of benzene rings is 1. The van der Waals surface area contributed by atoms with Crippen LogP contribution in [0.1, 0.15) is 11.1 Å². The third kappa shape index (κ3) is 3.04. The summed E-state index contributed by atoms with van der Waals surface area (Å²) in [5, 5.41) is 1.84. The van der Waals surface area contributed by atoms with Crippen LogP contribution in [0, 0.1) is 0 Å². The summed E-state index contributed by atoms with van der Waals surface area (Å²) < 4.78 is 19.7. The first-order valence-electron chi connectivity index (χ1n) is 6.64. The molecule has 0 spiro atoms. The summed E-state index contributed by atoms with van der Waals surface area (Å²) in [6, 6.07) is 10.7. The van der Waals surface area contributed by atoms with Gasteiger partial charge in [0.15, 0.2) is 5.82 Å². The van der Waals surface area contributed by atoms with Crippen molar-refractivity contribution < 1.29 is 9.13 Å². The molecule has 1 aromatic carbocycles. The monoisotopic (exact) mass is 312 g/mol. The molecule has 0 aliphatic heterocycles. The van der Waals surface area contributed by atoms with Crippen molar-refractivity contribution in [1.82, 2.24) is 9.97 Å². The van der Waals surface area contributed by atoms with Crippen LogP contribution >= 0.6 is 11.3 Å². The molecule has 0 bridgehead atoms. The van der Waals surface area contributed by atoms with E-state index in [0.29, 0.717) is 11.4 Å². The summed E-state index contributed by atoms with van der Waals surface area (Å²) in [6.45, 7) is 0. The summed E-state index contributed by atoms with van der Waals surface area (Å²) in [6.07, 6.45) is 4.79. The van der Waals surface area contributed by atoms with Crippen molar-refractivity contribution in [2.45, 2.75) is 0 Å². The average molecular weight is 312 g/mol. The van der Waals surface area contributed by atoms with Gasteiger partial charge in [0.05, 0.1) is 12.0 Å². The van der Waals surface area contributed by atoms with E-state index in [4.69, 9.17) is 4.74 Å². The molecule has 0 saturated carbocycles. The Kier molecular flexibility index (Phi) is 4.25. The molecular weight excluding hydrogens is 299 g/mol. The van der Waals surface area contributed by atoms with Crippen molar-refractivity contribution in [1.29, 1.82) is 0 Å². The van der Waals surface area contributed by atoms with E-state index in [9.17, 15) is 4.39 Å². The van der Waals surface area contributed by atoms with Crippen molar-refractivity contribution in [3.05, 3.63) is 65.3 Å². The average Bonchev–Trinajstić information content (AvgIpc) is 3.06. The van der Waals surface area contributed by atoms with E-state index in [0.717, 1.165) is 16.2 Å². The first-order chi connectivity index (χ1) is 10.8. The van der Waals surface area contributed by atoms with E-state index >= 15 is 0 Å². The van der Waals surface area contributed by atoms with Crippen LogP contribution in [0.2, 0.25) is 0 Å². The van der Waals surface area contributed by atoms with Crippen molar-refractivity contribution in [2.24, 2.45) is 0 Å². The lowest BCUT2D eigenvalue weighted by atomic mass is 10.1. The predicted molar refractivity (Wildman–Crippen MR) is 87.3 cm³/mol. The number of hydrogen-bond acceptors (Lipinski definition) is 4. The maximum absolute atomic E-state index is 14.6. The quantitative estimate of drug-likeness (QED) is 0.701. The lowest BCUT2D eigenvalue weighted by molar-refractivity contribution is 0.415. The van der Waals surface area contributed by atoms with Gasteiger partial charge in [0.2, 0.25) is 0 Å². The number of rotatable bonds is 4. The molecule has 5 heteroatoms.